The first kappa shape index (κ1) is 16.7. The van der Waals surface area contributed by atoms with Gasteiger partial charge < -0.3 is 10.5 Å². The molecule has 1 aromatic carbocycles. The highest BCUT2D eigenvalue weighted by atomic mass is 35.5. The Balaban J connectivity index is 0.00000200. The maximum Gasteiger partial charge on any atom is 0.330 e. The zero-order chi connectivity index (χ0) is 13.7. The number of carbonyl (C=O) groups excluding carboxylic acids is 1. The molecule has 2 N–H and O–H groups in total. The summed E-state index contributed by atoms with van der Waals surface area (Å²) in [5.74, 6) is 0.303. The molecule has 0 saturated heterocycles. The molecule has 3 nitrogen and oxygen atoms in total. The summed E-state index contributed by atoms with van der Waals surface area (Å²) in [6.45, 7) is 2.96. The largest absolute Gasteiger partial charge is 0.463 e. The van der Waals surface area contributed by atoms with Crippen molar-refractivity contribution < 1.29 is 9.53 Å². The van der Waals surface area contributed by atoms with Crippen LogP contribution in [0.3, 0.4) is 0 Å². The Hall–Kier alpha value is -1.32. The van der Waals surface area contributed by atoms with E-state index in [1.807, 2.05) is 6.08 Å². The van der Waals surface area contributed by atoms with Crippen molar-refractivity contribution in [3.05, 3.63) is 41.0 Å². The molecule has 4 heteroatoms. The Bertz CT molecular complexity index is 485. The predicted molar refractivity (Wildman–Crippen MR) is 83.9 cm³/mol. The van der Waals surface area contributed by atoms with Gasteiger partial charge in [-0.2, -0.15) is 0 Å². The van der Waals surface area contributed by atoms with Crippen LogP contribution in [0, 0.1) is 5.92 Å². The van der Waals surface area contributed by atoms with Crippen LogP contribution in [-0.4, -0.2) is 19.1 Å². The van der Waals surface area contributed by atoms with E-state index in [1.165, 1.54) is 23.6 Å². The van der Waals surface area contributed by atoms with E-state index in [2.05, 4.69) is 18.2 Å². The first-order valence-corrected chi connectivity index (χ1v) is 6.89. The van der Waals surface area contributed by atoms with Crippen LogP contribution in [0.1, 0.15) is 30.0 Å². The van der Waals surface area contributed by atoms with Crippen LogP contribution in [0.2, 0.25) is 0 Å². The molecular weight excluding hydrogens is 274 g/mol. The predicted octanol–water partition coefficient (Wildman–Crippen LogP) is 2.75. The summed E-state index contributed by atoms with van der Waals surface area (Å²) >= 11 is 0. The molecule has 1 unspecified atom stereocenters. The molecule has 0 saturated carbocycles. The zero-order valence-corrected chi connectivity index (χ0v) is 12.6. The molecule has 1 aliphatic rings. The number of nitrogens with two attached hydrogens (primary N) is 1. The van der Waals surface area contributed by atoms with Crippen LogP contribution in [0.25, 0.3) is 6.08 Å². The molecule has 0 spiro atoms. The van der Waals surface area contributed by atoms with Crippen LogP contribution in [0.15, 0.2) is 24.3 Å². The first-order valence-electron chi connectivity index (χ1n) is 6.89. The number of halogens is 1. The molecule has 0 amide bonds. The summed E-state index contributed by atoms with van der Waals surface area (Å²) in [7, 11) is 0. The highest BCUT2D eigenvalue weighted by Gasteiger charge is 2.17. The maximum atomic E-state index is 11.3. The molecule has 0 bridgehead atoms. The minimum atomic E-state index is -0.292. The van der Waals surface area contributed by atoms with Crippen LogP contribution < -0.4 is 5.73 Å². The standard InChI is InChI=1S/C16H21NO2.ClH/c1-2-19-16(18)8-5-12-3-6-14-7-4-13(11-17)10-15(14)9-12;/h3,5-6,8-9,13H,2,4,7,10-11,17H2,1H3;1H/b8-5+;. The minimum Gasteiger partial charge on any atom is -0.463 e. The van der Waals surface area contributed by atoms with E-state index in [1.54, 1.807) is 6.92 Å². The van der Waals surface area contributed by atoms with Crippen molar-refractivity contribution >= 4 is 24.5 Å². The molecule has 0 heterocycles. The van der Waals surface area contributed by atoms with Crippen molar-refractivity contribution in [1.29, 1.82) is 0 Å². The average molecular weight is 296 g/mol. The Morgan fingerprint density at radius 3 is 2.95 bits per heavy atom. The van der Waals surface area contributed by atoms with Gasteiger partial charge in [0.05, 0.1) is 6.61 Å². The fraction of sp³-hybridized carbons (Fsp3) is 0.438. The quantitative estimate of drug-likeness (QED) is 0.686. The number of ether oxygens (including phenoxy) is 1. The summed E-state index contributed by atoms with van der Waals surface area (Å²) in [5, 5.41) is 0. The Morgan fingerprint density at radius 1 is 1.45 bits per heavy atom. The Labute approximate surface area is 126 Å². The molecule has 110 valence electrons. The number of esters is 1. The molecule has 1 aromatic rings. The van der Waals surface area contributed by atoms with Crippen molar-refractivity contribution in [2.45, 2.75) is 26.2 Å². The van der Waals surface area contributed by atoms with E-state index in [0.29, 0.717) is 12.5 Å². The van der Waals surface area contributed by atoms with Crippen LogP contribution in [0.5, 0.6) is 0 Å². The van der Waals surface area contributed by atoms with Gasteiger partial charge in [-0.15, -0.1) is 12.4 Å². The average Bonchev–Trinajstić information content (AvgIpc) is 2.44. The number of hydrogen-bond acceptors (Lipinski definition) is 3. The summed E-state index contributed by atoms with van der Waals surface area (Å²) in [6, 6.07) is 6.37. The van der Waals surface area contributed by atoms with Gasteiger partial charge in [-0.3, -0.25) is 0 Å². The number of carbonyl (C=O) groups is 1. The van der Waals surface area contributed by atoms with E-state index >= 15 is 0 Å². The van der Waals surface area contributed by atoms with Gasteiger partial charge in [-0.25, -0.2) is 4.79 Å². The SMILES string of the molecule is CCOC(=O)/C=C/c1ccc2c(c1)CC(CN)CC2.Cl. The summed E-state index contributed by atoms with van der Waals surface area (Å²) in [6.07, 6.45) is 6.63. The normalized spacial score (nSPS) is 17.4. The van der Waals surface area contributed by atoms with Crippen LogP contribution >= 0.6 is 12.4 Å². The second kappa shape index (κ2) is 8.08. The third-order valence-corrected chi connectivity index (χ3v) is 3.59. The summed E-state index contributed by atoms with van der Waals surface area (Å²) < 4.78 is 4.87. The smallest absolute Gasteiger partial charge is 0.330 e. The van der Waals surface area contributed by atoms with Gasteiger partial charge in [0.1, 0.15) is 0 Å². The van der Waals surface area contributed by atoms with E-state index in [4.69, 9.17) is 10.5 Å². The number of aryl methyl sites for hydroxylation is 1. The molecule has 20 heavy (non-hydrogen) atoms. The number of hydrogen-bond donors (Lipinski definition) is 1. The molecule has 1 aliphatic carbocycles. The first-order chi connectivity index (χ1) is 9.22. The van der Waals surface area contributed by atoms with Gasteiger partial charge in [0.25, 0.3) is 0 Å². The Kier molecular flexibility index (Phi) is 6.76. The fourth-order valence-corrected chi connectivity index (χ4v) is 2.51. The lowest BCUT2D eigenvalue weighted by atomic mass is 9.83. The third kappa shape index (κ3) is 4.36. The minimum absolute atomic E-state index is 0. The topological polar surface area (TPSA) is 52.3 Å². The monoisotopic (exact) mass is 295 g/mol. The fourth-order valence-electron chi connectivity index (χ4n) is 2.51. The maximum absolute atomic E-state index is 11.3. The van der Waals surface area contributed by atoms with Gasteiger partial charge in [0, 0.05) is 6.08 Å². The molecule has 0 fully saturated rings. The van der Waals surface area contributed by atoms with Gasteiger partial charge in [0.2, 0.25) is 0 Å². The Morgan fingerprint density at radius 2 is 2.25 bits per heavy atom. The van der Waals surface area contributed by atoms with Gasteiger partial charge in [0.15, 0.2) is 0 Å². The van der Waals surface area contributed by atoms with Crippen molar-refractivity contribution in [2.75, 3.05) is 13.2 Å². The zero-order valence-electron chi connectivity index (χ0n) is 11.8. The van der Waals surface area contributed by atoms with Crippen molar-refractivity contribution in [3.63, 3.8) is 0 Å². The second-order valence-corrected chi connectivity index (χ2v) is 4.96. The lowest BCUT2D eigenvalue weighted by molar-refractivity contribution is -0.137. The summed E-state index contributed by atoms with van der Waals surface area (Å²) in [5.41, 5.74) is 9.58. The highest BCUT2D eigenvalue weighted by Crippen LogP contribution is 2.26. The molecule has 0 aliphatic heterocycles. The van der Waals surface area contributed by atoms with E-state index in [9.17, 15) is 4.79 Å². The van der Waals surface area contributed by atoms with Crippen molar-refractivity contribution in [3.8, 4) is 0 Å². The molecule has 1 atom stereocenters. The number of fused-ring (bicyclic) bond motifs is 1. The number of benzene rings is 1. The van der Waals surface area contributed by atoms with Gasteiger partial charge in [-0.05, 0) is 61.4 Å². The second-order valence-electron chi connectivity index (χ2n) is 4.96. The molecular formula is C16H22ClNO2. The lowest BCUT2D eigenvalue weighted by Gasteiger charge is -2.23. The lowest BCUT2D eigenvalue weighted by Crippen LogP contribution is -2.22. The van der Waals surface area contributed by atoms with E-state index < -0.39 is 0 Å². The molecule has 2 rings (SSSR count). The molecule has 0 radical (unpaired) electrons. The molecule has 0 aromatic heterocycles. The van der Waals surface area contributed by atoms with Gasteiger partial charge in [-0.1, -0.05) is 18.2 Å². The van der Waals surface area contributed by atoms with E-state index in [0.717, 1.165) is 24.9 Å². The van der Waals surface area contributed by atoms with Gasteiger partial charge >= 0.3 is 5.97 Å². The highest BCUT2D eigenvalue weighted by molar-refractivity contribution is 5.87. The van der Waals surface area contributed by atoms with Crippen LogP contribution in [0.4, 0.5) is 0 Å². The van der Waals surface area contributed by atoms with Crippen molar-refractivity contribution in [2.24, 2.45) is 11.7 Å². The number of rotatable bonds is 4. The third-order valence-electron chi connectivity index (χ3n) is 3.59. The van der Waals surface area contributed by atoms with Crippen LogP contribution in [-0.2, 0) is 22.4 Å². The summed E-state index contributed by atoms with van der Waals surface area (Å²) in [4.78, 5) is 11.3. The van der Waals surface area contributed by atoms with E-state index in [-0.39, 0.29) is 18.4 Å². The van der Waals surface area contributed by atoms with Crippen molar-refractivity contribution in [1.82, 2.24) is 0 Å².